The molecule has 1 aromatic carbocycles. The van der Waals surface area contributed by atoms with E-state index in [1.165, 1.54) is 0 Å². The molecule has 1 aliphatic heterocycles. The zero-order valence-corrected chi connectivity index (χ0v) is 13.6. The van der Waals surface area contributed by atoms with Crippen molar-refractivity contribution in [3.05, 3.63) is 34.9 Å². The van der Waals surface area contributed by atoms with Gasteiger partial charge in [0.25, 0.3) is 0 Å². The molecule has 5 nitrogen and oxygen atoms in total. The highest BCUT2D eigenvalue weighted by Gasteiger charge is 2.18. The van der Waals surface area contributed by atoms with Crippen LogP contribution in [-0.4, -0.2) is 54.3 Å². The zero-order chi connectivity index (χ0) is 15.9. The van der Waals surface area contributed by atoms with E-state index in [-0.39, 0.29) is 11.8 Å². The second-order valence-electron chi connectivity index (χ2n) is 5.54. The number of nitrogens with zero attached hydrogens (tertiary/aromatic N) is 2. The van der Waals surface area contributed by atoms with Gasteiger partial charge in [-0.05, 0) is 24.1 Å². The van der Waals surface area contributed by atoms with Crippen LogP contribution in [0.25, 0.3) is 0 Å². The molecule has 1 heterocycles. The Morgan fingerprint density at radius 2 is 1.86 bits per heavy atom. The van der Waals surface area contributed by atoms with Gasteiger partial charge in [-0.25, -0.2) is 0 Å². The zero-order valence-electron chi connectivity index (χ0n) is 12.8. The lowest BCUT2D eigenvalue weighted by Gasteiger charge is -2.20. The molecule has 0 aromatic heterocycles. The van der Waals surface area contributed by atoms with Gasteiger partial charge in [0.1, 0.15) is 0 Å². The topological polar surface area (TPSA) is 52.7 Å². The second-order valence-corrected chi connectivity index (χ2v) is 5.98. The van der Waals surface area contributed by atoms with E-state index in [0.717, 1.165) is 31.6 Å². The first kappa shape index (κ1) is 16.8. The molecule has 1 fully saturated rings. The molecule has 1 N–H and O–H groups in total. The number of hydrogen-bond donors (Lipinski definition) is 1. The Labute approximate surface area is 136 Å². The van der Waals surface area contributed by atoms with Crippen LogP contribution in [0.2, 0.25) is 5.02 Å². The Hall–Kier alpha value is -1.59. The number of amides is 2. The maximum absolute atomic E-state index is 12.0. The Bertz CT molecular complexity index is 519. The summed E-state index contributed by atoms with van der Waals surface area (Å²) in [6.07, 6.45) is 0.907. The van der Waals surface area contributed by atoms with Crippen molar-refractivity contribution in [2.75, 3.05) is 32.7 Å². The predicted molar refractivity (Wildman–Crippen MR) is 86.6 cm³/mol. The van der Waals surface area contributed by atoms with E-state index in [1.807, 2.05) is 29.2 Å². The van der Waals surface area contributed by atoms with Crippen LogP contribution in [0.3, 0.4) is 0 Å². The Kier molecular flexibility index (Phi) is 6.21. The van der Waals surface area contributed by atoms with Crippen LogP contribution in [0.1, 0.15) is 18.9 Å². The molecule has 120 valence electrons. The maximum Gasteiger partial charge on any atom is 0.234 e. The molecule has 0 aliphatic carbocycles. The SMILES string of the molecule is CC(=O)N1CCCN(CC(=O)NCc2ccc(Cl)cc2)CC1. The monoisotopic (exact) mass is 323 g/mol. The number of carbonyl (C=O) groups is 2. The maximum atomic E-state index is 12.0. The van der Waals surface area contributed by atoms with Crippen LogP contribution >= 0.6 is 11.6 Å². The van der Waals surface area contributed by atoms with Crippen molar-refractivity contribution >= 4 is 23.4 Å². The van der Waals surface area contributed by atoms with Crippen molar-refractivity contribution in [2.45, 2.75) is 19.9 Å². The molecule has 0 spiro atoms. The minimum Gasteiger partial charge on any atom is -0.351 e. The number of nitrogens with one attached hydrogen (secondary N) is 1. The molecule has 0 unspecified atom stereocenters. The molecular formula is C16H22ClN3O2. The fraction of sp³-hybridized carbons (Fsp3) is 0.500. The minimum atomic E-state index is 0.00576. The first-order valence-corrected chi connectivity index (χ1v) is 7.91. The van der Waals surface area contributed by atoms with Gasteiger partial charge in [-0.2, -0.15) is 0 Å². The summed E-state index contributed by atoms with van der Waals surface area (Å²) in [6, 6.07) is 7.43. The molecule has 6 heteroatoms. The third-order valence-electron chi connectivity index (χ3n) is 3.80. The van der Waals surface area contributed by atoms with Gasteiger partial charge in [0.2, 0.25) is 11.8 Å². The first-order chi connectivity index (χ1) is 10.5. The summed E-state index contributed by atoms with van der Waals surface area (Å²) in [5.74, 6) is 0.111. The van der Waals surface area contributed by atoms with Gasteiger partial charge in [-0.15, -0.1) is 0 Å². The summed E-state index contributed by atoms with van der Waals surface area (Å²) in [7, 11) is 0. The van der Waals surface area contributed by atoms with Crippen molar-refractivity contribution in [2.24, 2.45) is 0 Å². The number of benzene rings is 1. The summed E-state index contributed by atoms with van der Waals surface area (Å²) < 4.78 is 0. The third-order valence-corrected chi connectivity index (χ3v) is 4.06. The number of rotatable bonds is 4. The predicted octanol–water partition coefficient (Wildman–Crippen LogP) is 1.51. The van der Waals surface area contributed by atoms with Gasteiger partial charge in [-0.1, -0.05) is 23.7 Å². The van der Waals surface area contributed by atoms with Crippen LogP contribution in [0.4, 0.5) is 0 Å². The van der Waals surface area contributed by atoms with Crippen molar-refractivity contribution in [1.29, 1.82) is 0 Å². The number of halogens is 1. The van der Waals surface area contributed by atoms with Crippen LogP contribution in [0.5, 0.6) is 0 Å². The largest absolute Gasteiger partial charge is 0.351 e. The molecule has 1 saturated heterocycles. The van der Waals surface area contributed by atoms with Gasteiger partial charge in [0.15, 0.2) is 0 Å². The van der Waals surface area contributed by atoms with Gasteiger partial charge in [0, 0.05) is 44.7 Å². The summed E-state index contributed by atoms with van der Waals surface area (Å²) in [4.78, 5) is 27.3. The van der Waals surface area contributed by atoms with E-state index in [1.54, 1.807) is 6.92 Å². The molecule has 1 aliphatic rings. The molecule has 22 heavy (non-hydrogen) atoms. The summed E-state index contributed by atoms with van der Waals surface area (Å²) >= 11 is 5.83. The lowest BCUT2D eigenvalue weighted by molar-refractivity contribution is -0.128. The van der Waals surface area contributed by atoms with E-state index in [2.05, 4.69) is 10.2 Å². The number of hydrogen-bond acceptors (Lipinski definition) is 3. The Morgan fingerprint density at radius 3 is 2.55 bits per heavy atom. The van der Waals surface area contributed by atoms with E-state index in [4.69, 9.17) is 11.6 Å². The van der Waals surface area contributed by atoms with Crippen LogP contribution < -0.4 is 5.32 Å². The third kappa shape index (κ3) is 5.31. The van der Waals surface area contributed by atoms with Crippen molar-refractivity contribution < 1.29 is 9.59 Å². The Morgan fingerprint density at radius 1 is 1.14 bits per heavy atom. The average molecular weight is 324 g/mol. The van der Waals surface area contributed by atoms with Gasteiger partial charge in [0.05, 0.1) is 6.54 Å². The van der Waals surface area contributed by atoms with E-state index >= 15 is 0 Å². The highest BCUT2D eigenvalue weighted by Crippen LogP contribution is 2.09. The summed E-state index contributed by atoms with van der Waals surface area (Å²) in [5.41, 5.74) is 1.02. The average Bonchev–Trinajstić information content (AvgIpc) is 2.72. The van der Waals surface area contributed by atoms with Crippen LogP contribution in [-0.2, 0) is 16.1 Å². The first-order valence-electron chi connectivity index (χ1n) is 7.53. The van der Waals surface area contributed by atoms with Crippen LogP contribution in [0, 0.1) is 0 Å². The fourth-order valence-electron chi connectivity index (χ4n) is 2.51. The molecule has 2 rings (SSSR count). The fourth-order valence-corrected chi connectivity index (χ4v) is 2.63. The second kappa shape index (κ2) is 8.15. The van der Waals surface area contributed by atoms with Crippen molar-refractivity contribution in [3.63, 3.8) is 0 Å². The molecule has 1 aromatic rings. The molecule has 2 amide bonds. The molecular weight excluding hydrogens is 302 g/mol. The van der Waals surface area contributed by atoms with Crippen molar-refractivity contribution in [1.82, 2.24) is 15.1 Å². The lowest BCUT2D eigenvalue weighted by atomic mass is 10.2. The molecule has 0 atom stereocenters. The van der Waals surface area contributed by atoms with Gasteiger partial charge < -0.3 is 10.2 Å². The lowest BCUT2D eigenvalue weighted by Crippen LogP contribution is -2.39. The standard InChI is InChI=1S/C16H22ClN3O2/c1-13(21)20-8-2-7-19(9-10-20)12-16(22)18-11-14-3-5-15(17)6-4-14/h3-6H,2,7-12H2,1H3,(H,18,22). The minimum absolute atomic E-state index is 0.00576. The van der Waals surface area contributed by atoms with E-state index < -0.39 is 0 Å². The van der Waals surface area contributed by atoms with Crippen molar-refractivity contribution in [3.8, 4) is 0 Å². The summed E-state index contributed by atoms with van der Waals surface area (Å²) in [5, 5.41) is 3.61. The number of carbonyl (C=O) groups excluding carboxylic acids is 2. The van der Waals surface area contributed by atoms with E-state index in [0.29, 0.717) is 24.7 Å². The summed E-state index contributed by atoms with van der Waals surface area (Å²) in [6.45, 7) is 5.53. The van der Waals surface area contributed by atoms with E-state index in [9.17, 15) is 9.59 Å². The van der Waals surface area contributed by atoms with Crippen LogP contribution in [0.15, 0.2) is 24.3 Å². The van der Waals surface area contributed by atoms with Gasteiger partial charge >= 0.3 is 0 Å². The highest BCUT2D eigenvalue weighted by molar-refractivity contribution is 6.30. The Balaban J connectivity index is 1.74. The van der Waals surface area contributed by atoms with Gasteiger partial charge in [-0.3, -0.25) is 14.5 Å². The normalized spacial score (nSPS) is 16.2. The molecule has 0 saturated carbocycles. The molecule has 0 radical (unpaired) electrons. The highest BCUT2D eigenvalue weighted by atomic mass is 35.5. The smallest absolute Gasteiger partial charge is 0.234 e. The quantitative estimate of drug-likeness (QED) is 0.914. The molecule has 0 bridgehead atoms.